The first-order valence-electron chi connectivity index (χ1n) is 9.15. The largest absolute Gasteiger partial charge is 0.486 e. The molecule has 2 aromatic carbocycles. The highest BCUT2D eigenvalue weighted by atomic mass is 32.2. The SMILES string of the molecule is CC(Sc1ccc2c(c1)OCCO2)C(=O)NC1CCCc2ccccc21. The summed E-state index contributed by atoms with van der Waals surface area (Å²) >= 11 is 1.55. The number of nitrogens with one attached hydrogen (secondary N) is 1. The molecule has 5 heteroatoms. The summed E-state index contributed by atoms with van der Waals surface area (Å²) in [5.41, 5.74) is 2.62. The topological polar surface area (TPSA) is 47.6 Å². The van der Waals surface area contributed by atoms with Crippen LogP contribution in [0.1, 0.15) is 36.9 Å². The molecular formula is C21H23NO3S. The minimum Gasteiger partial charge on any atom is -0.486 e. The molecule has 0 radical (unpaired) electrons. The lowest BCUT2D eigenvalue weighted by Gasteiger charge is -2.27. The summed E-state index contributed by atoms with van der Waals surface area (Å²) in [5, 5.41) is 3.07. The maximum atomic E-state index is 12.7. The Labute approximate surface area is 158 Å². The van der Waals surface area contributed by atoms with E-state index >= 15 is 0 Å². The van der Waals surface area contributed by atoms with Crippen LogP contribution in [0.5, 0.6) is 11.5 Å². The van der Waals surface area contributed by atoms with E-state index in [0.29, 0.717) is 13.2 Å². The van der Waals surface area contributed by atoms with Gasteiger partial charge < -0.3 is 14.8 Å². The lowest BCUT2D eigenvalue weighted by Crippen LogP contribution is -2.35. The number of rotatable bonds is 4. The number of ether oxygens (including phenoxy) is 2. The van der Waals surface area contributed by atoms with Crippen LogP contribution < -0.4 is 14.8 Å². The van der Waals surface area contributed by atoms with Crippen LogP contribution in [0, 0.1) is 0 Å². The first-order chi connectivity index (χ1) is 12.7. The molecule has 1 aliphatic carbocycles. The maximum absolute atomic E-state index is 12.7. The summed E-state index contributed by atoms with van der Waals surface area (Å²) in [6.45, 7) is 3.10. The number of carbonyl (C=O) groups excluding carboxylic acids is 1. The first-order valence-corrected chi connectivity index (χ1v) is 10.0. The van der Waals surface area contributed by atoms with Crippen molar-refractivity contribution in [2.24, 2.45) is 0 Å². The highest BCUT2D eigenvalue weighted by Gasteiger charge is 2.24. The monoisotopic (exact) mass is 369 g/mol. The van der Waals surface area contributed by atoms with Crippen molar-refractivity contribution in [1.29, 1.82) is 0 Å². The van der Waals surface area contributed by atoms with E-state index in [9.17, 15) is 4.79 Å². The second-order valence-electron chi connectivity index (χ2n) is 6.72. The van der Waals surface area contributed by atoms with Crippen LogP contribution in [-0.4, -0.2) is 24.4 Å². The molecule has 0 saturated heterocycles. The van der Waals surface area contributed by atoms with Crippen LogP contribution in [0.3, 0.4) is 0 Å². The number of aryl methyl sites for hydroxylation is 1. The fraction of sp³-hybridized carbons (Fsp3) is 0.381. The van der Waals surface area contributed by atoms with Gasteiger partial charge in [0.2, 0.25) is 5.91 Å². The van der Waals surface area contributed by atoms with Crippen molar-refractivity contribution < 1.29 is 14.3 Å². The number of hydrogen-bond acceptors (Lipinski definition) is 4. The average molecular weight is 369 g/mol. The number of hydrogen-bond donors (Lipinski definition) is 1. The van der Waals surface area contributed by atoms with Crippen molar-refractivity contribution in [3.63, 3.8) is 0 Å². The van der Waals surface area contributed by atoms with Gasteiger partial charge >= 0.3 is 0 Å². The number of amides is 1. The summed E-state index contributed by atoms with van der Waals surface area (Å²) in [5.74, 6) is 1.61. The van der Waals surface area contributed by atoms with Crippen LogP contribution in [0.15, 0.2) is 47.4 Å². The maximum Gasteiger partial charge on any atom is 0.233 e. The standard InChI is InChI=1S/C21H23NO3S/c1-14(26-16-9-10-19-20(13-16)25-12-11-24-19)21(23)22-18-8-4-6-15-5-2-3-7-17(15)18/h2-3,5,7,9-10,13-14,18H,4,6,8,11-12H2,1H3,(H,22,23). The highest BCUT2D eigenvalue weighted by molar-refractivity contribution is 8.00. The molecule has 2 aromatic rings. The lowest BCUT2D eigenvalue weighted by molar-refractivity contribution is -0.121. The fourth-order valence-corrected chi connectivity index (χ4v) is 4.45. The molecule has 1 N–H and O–H groups in total. The molecule has 136 valence electrons. The summed E-state index contributed by atoms with van der Waals surface area (Å²) in [6.07, 6.45) is 3.22. The molecule has 1 amide bonds. The second-order valence-corrected chi connectivity index (χ2v) is 8.13. The molecule has 0 spiro atoms. The first kappa shape index (κ1) is 17.3. The van der Waals surface area contributed by atoms with Gasteiger partial charge in [-0.3, -0.25) is 4.79 Å². The van der Waals surface area contributed by atoms with E-state index in [0.717, 1.165) is 35.7 Å². The van der Waals surface area contributed by atoms with Crippen LogP contribution >= 0.6 is 11.8 Å². The molecule has 1 heterocycles. The molecule has 2 aliphatic rings. The van der Waals surface area contributed by atoms with E-state index < -0.39 is 0 Å². The zero-order valence-corrected chi connectivity index (χ0v) is 15.7. The molecule has 2 unspecified atom stereocenters. The van der Waals surface area contributed by atoms with E-state index in [1.807, 2.05) is 25.1 Å². The van der Waals surface area contributed by atoms with Crippen molar-refractivity contribution in [2.75, 3.05) is 13.2 Å². The third-order valence-corrected chi connectivity index (χ3v) is 5.98. The van der Waals surface area contributed by atoms with Gasteiger partial charge in [0, 0.05) is 4.90 Å². The van der Waals surface area contributed by atoms with Gasteiger partial charge in [-0.2, -0.15) is 0 Å². The Kier molecular flexibility index (Phi) is 5.07. The third-order valence-electron chi connectivity index (χ3n) is 4.88. The molecule has 0 saturated carbocycles. The van der Waals surface area contributed by atoms with Gasteiger partial charge in [0.15, 0.2) is 11.5 Å². The minimum absolute atomic E-state index is 0.0755. The summed E-state index contributed by atoms with van der Waals surface area (Å²) in [6, 6.07) is 14.4. The van der Waals surface area contributed by atoms with Crippen molar-refractivity contribution in [1.82, 2.24) is 5.32 Å². The molecule has 2 atom stereocenters. The smallest absolute Gasteiger partial charge is 0.233 e. The highest BCUT2D eigenvalue weighted by Crippen LogP contribution is 2.36. The zero-order chi connectivity index (χ0) is 17.9. The third kappa shape index (κ3) is 3.68. The number of thioether (sulfide) groups is 1. The molecule has 1 aliphatic heterocycles. The Morgan fingerprint density at radius 1 is 1.15 bits per heavy atom. The van der Waals surface area contributed by atoms with E-state index in [2.05, 4.69) is 29.6 Å². The fourth-order valence-electron chi connectivity index (χ4n) is 3.55. The lowest BCUT2D eigenvalue weighted by atomic mass is 9.88. The summed E-state index contributed by atoms with van der Waals surface area (Å²) in [4.78, 5) is 13.7. The van der Waals surface area contributed by atoms with Gasteiger partial charge in [0.1, 0.15) is 13.2 Å². The molecule has 4 rings (SSSR count). The molecule has 26 heavy (non-hydrogen) atoms. The Balaban J connectivity index is 1.41. The predicted molar refractivity (Wildman–Crippen MR) is 103 cm³/mol. The van der Waals surface area contributed by atoms with Gasteiger partial charge in [-0.25, -0.2) is 0 Å². The number of benzene rings is 2. The Morgan fingerprint density at radius 3 is 2.85 bits per heavy atom. The Morgan fingerprint density at radius 2 is 1.96 bits per heavy atom. The van der Waals surface area contributed by atoms with Gasteiger partial charge in [0.25, 0.3) is 0 Å². The predicted octanol–water partition coefficient (Wildman–Crippen LogP) is 4.13. The van der Waals surface area contributed by atoms with E-state index in [1.54, 1.807) is 11.8 Å². The Hall–Kier alpha value is -2.14. The molecular weight excluding hydrogens is 346 g/mol. The van der Waals surface area contributed by atoms with Gasteiger partial charge in [-0.15, -0.1) is 11.8 Å². The average Bonchev–Trinajstić information content (AvgIpc) is 2.68. The van der Waals surface area contributed by atoms with Crippen LogP contribution in [-0.2, 0) is 11.2 Å². The Bertz CT molecular complexity index is 808. The van der Waals surface area contributed by atoms with Gasteiger partial charge in [-0.05, 0) is 55.5 Å². The van der Waals surface area contributed by atoms with Crippen molar-refractivity contribution in [2.45, 2.75) is 42.4 Å². The van der Waals surface area contributed by atoms with E-state index in [-0.39, 0.29) is 17.2 Å². The van der Waals surface area contributed by atoms with Crippen molar-refractivity contribution >= 4 is 17.7 Å². The van der Waals surface area contributed by atoms with Crippen LogP contribution in [0.2, 0.25) is 0 Å². The van der Waals surface area contributed by atoms with Crippen molar-refractivity contribution in [3.05, 3.63) is 53.6 Å². The zero-order valence-electron chi connectivity index (χ0n) is 14.9. The van der Waals surface area contributed by atoms with Gasteiger partial charge in [0.05, 0.1) is 11.3 Å². The molecule has 4 nitrogen and oxygen atoms in total. The van der Waals surface area contributed by atoms with Crippen LogP contribution in [0.25, 0.3) is 0 Å². The summed E-state index contributed by atoms with van der Waals surface area (Å²) < 4.78 is 11.2. The normalized spacial score (nSPS) is 19.3. The number of carbonyl (C=O) groups is 1. The molecule has 0 bridgehead atoms. The van der Waals surface area contributed by atoms with Crippen molar-refractivity contribution in [3.8, 4) is 11.5 Å². The molecule has 0 aromatic heterocycles. The van der Waals surface area contributed by atoms with Gasteiger partial charge in [-0.1, -0.05) is 24.3 Å². The minimum atomic E-state index is -0.174. The van der Waals surface area contributed by atoms with E-state index in [4.69, 9.17) is 9.47 Å². The van der Waals surface area contributed by atoms with E-state index in [1.165, 1.54) is 11.1 Å². The summed E-state index contributed by atoms with van der Waals surface area (Å²) in [7, 11) is 0. The molecule has 0 fully saturated rings. The quantitative estimate of drug-likeness (QED) is 0.823. The van der Waals surface area contributed by atoms with Crippen LogP contribution in [0.4, 0.5) is 0 Å². The number of fused-ring (bicyclic) bond motifs is 2. The second kappa shape index (κ2) is 7.62.